The fourth-order valence-corrected chi connectivity index (χ4v) is 2.31. The summed E-state index contributed by atoms with van der Waals surface area (Å²) in [6, 6.07) is 8.22. The molecular formula is C13H21BO3Si. The van der Waals surface area contributed by atoms with Crippen molar-refractivity contribution < 1.29 is 13.7 Å². The SMILES string of the molecule is CC1(C)OB(c2cccc(CO[SiH3])c2)OC1(C)C. The highest BCUT2D eigenvalue weighted by molar-refractivity contribution is 6.62. The molecule has 1 saturated heterocycles. The zero-order chi connectivity index (χ0) is 13.4. The summed E-state index contributed by atoms with van der Waals surface area (Å²) < 4.78 is 17.3. The second-order valence-corrected chi connectivity index (χ2v) is 6.34. The van der Waals surface area contributed by atoms with Gasteiger partial charge in [0, 0.05) is 0 Å². The molecule has 1 aromatic carbocycles. The summed E-state index contributed by atoms with van der Waals surface area (Å²) in [6.45, 7) is 8.93. The van der Waals surface area contributed by atoms with Crippen molar-refractivity contribution in [3.63, 3.8) is 0 Å². The normalized spacial score (nSPS) is 21.4. The van der Waals surface area contributed by atoms with Crippen molar-refractivity contribution >= 4 is 23.1 Å². The molecule has 0 aliphatic carbocycles. The van der Waals surface area contributed by atoms with Gasteiger partial charge >= 0.3 is 7.12 Å². The van der Waals surface area contributed by atoms with E-state index < -0.39 is 0 Å². The van der Waals surface area contributed by atoms with Crippen LogP contribution in [-0.2, 0) is 20.3 Å². The monoisotopic (exact) mass is 264 g/mol. The summed E-state index contributed by atoms with van der Waals surface area (Å²) in [5.41, 5.74) is 1.64. The Balaban J connectivity index is 2.21. The second-order valence-electron chi connectivity index (χ2n) is 5.77. The Morgan fingerprint density at radius 2 is 1.78 bits per heavy atom. The van der Waals surface area contributed by atoms with Crippen LogP contribution in [0.4, 0.5) is 0 Å². The molecule has 0 saturated carbocycles. The van der Waals surface area contributed by atoms with Gasteiger partial charge in [-0.3, -0.25) is 0 Å². The van der Waals surface area contributed by atoms with Gasteiger partial charge in [0.2, 0.25) is 0 Å². The first-order chi connectivity index (χ1) is 8.36. The lowest BCUT2D eigenvalue weighted by Gasteiger charge is -2.32. The van der Waals surface area contributed by atoms with Crippen LogP contribution in [0.1, 0.15) is 33.3 Å². The number of hydrogen-bond acceptors (Lipinski definition) is 3. The van der Waals surface area contributed by atoms with Crippen molar-refractivity contribution in [3.05, 3.63) is 29.8 Å². The third kappa shape index (κ3) is 2.54. The molecule has 1 aromatic rings. The van der Waals surface area contributed by atoms with Crippen LogP contribution >= 0.6 is 0 Å². The zero-order valence-electron chi connectivity index (χ0n) is 11.8. The van der Waals surface area contributed by atoms with Crippen molar-refractivity contribution in [1.82, 2.24) is 0 Å². The van der Waals surface area contributed by atoms with E-state index in [2.05, 4.69) is 39.8 Å². The molecule has 0 N–H and O–H groups in total. The molecule has 1 aliphatic heterocycles. The standard InChI is InChI=1S/C13H21BO3Si/c1-12(2)13(3,4)17-14(16-12)11-7-5-6-10(8-11)9-15-18/h5-8H,9H2,1-4,18H3. The summed E-state index contributed by atoms with van der Waals surface area (Å²) in [4.78, 5) is 0. The van der Waals surface area contributed by atoms with Crippen LogP contribution in [0.3, 0.4) is 0 Å². The van der Waals surface area contributed by atoms with E-state index >= 15 is 0 Å². The van der Waals surface area contributed by atoms with Crippen molar-refractivity contribution in [2.75, 3.05) is 0 Å². The van der Waals surface area contributed by atoms with Gasteiger partial charge in [0.25, 0.3) is 0 Å². The third-order valence-corrected chi connectivity index (χ3v) is 4.08. The molecule has 0 unspecified atom stereocenters. The van der Waals surface area contributed by atoms with Gasteiger partial charge in [-0.25, -0.2) is 0 Å². The van der Waals surface area contributed by atoms with E-state index in [1.807, 2.05) is 12.1 Å². The Morgan fingerprint density at radius 3 is 2.33 bits per heavy atom. The maximum Gasteiger partial charge on any atom is 0.494 e. The van der Waals surface area contributed by atoms with Gasteiger partial charge in [-0.2, -0.15) is 0 Å². The van der Waals surface area contributed by atoms with Crippen LogP contribution in [0.2, 0.25) is 0 Å². The van der Waals surface area contributed by atoms with Crippen LogP contribution in [0.5, 0.6) is 0 Å². The molecule has 5 heteroatoms. The van der Waals surface area contributed by atoms with Crippen molar-refractivity contribution in [2.24, 2.45) is 0 Å². The maximum atomic E-state index is 6.03. The van der Waals surface area contributed by atoms with E-state index in [1.54, 1.807) is 0 Å². The molecule has 1 fully saturated rings. The third-order valence-electron chi connectivity index (χ3n) is 3.79. The minimum atomic E-state index is -0.290. The molecule has 0 bridgehead atoms. The molecule has 0 spiro atoms. The Kier molecular flexibility index (Phi) is 3.69. The number of rotatable bonds is 3. The average molecular weight is 264 g/mol. The average Bonchev–Trinajstić information content (AvgIpc) is 2.49. The predicted molar refractivity (Wildman–Crippen MR) is 76.9 cm³/mol. The fourth-order valence-electron chi connectivity index (χ4n) is 1.98. The van der Waals surface area contributed by atoms with Crippen molar-refractivity contribution in [2.45, 2.75) is 45.5 Å². The van der Waals surface area contributed by atoms with Crippen LogP contribution in [0.25, 0.3) is 0 Å². The van der Waals surface area contributed by atoms with Gasteiger partial charge in [0.1, 0.15) is 10.5 Å². The van der Waals surface area contributed by atoms with Gasteiger partial charge in [0.15, 0.2) is 0 Å². The number of benzene rings is 1. The molecule has 0 radical (unpaired) electrons. The molecule has 18 heavy (non-hydrogen) atoms. The minimum Gasteiger partial charge on any atom is -0.424 e. The lowest BCUT2D eigenvalue weighted by Crippen LogP contribution is -2.41. The highest BCUT2D eigenvalue weighted by Gasteiger charge is 2.51. The van der Waals surface area contributed by atoms with E-state index in [0.717, 1.165) is 21.5 Å². The Bertz CT molecular complexity index is 418. The first kappa shape index (κ1) is 13.8. The summed E-state index contributed by atoms with van der Waals surface area (Å²) in [5.74, 6) is 0. The Labute approximate surface area is 113 Å². The van der Waals surface area contributed by atoms with Crippen LogP contribution in [0, 0.1) is 0 Å². The van der Waals surface area contributed by atoms with Gasteiger partial charge in [-0.1, -0.05) is 24.3 Å². The zero-order valence-corrected chi connectivity index (χ0v) is 13.8. The summed E-state index contributed by atoms with van der Waals surface area (Å²) >= 11 is 0. The van der Waals surface area contributed by atoms with Crippen molar-refractivity contribution in [3.8, 4) is 0 Å². The van der Waals surface area contributed by atoms with E-state index in [1.165, 1.54) is 0 Å². The van der Waals surface area contributed by atoms with Gasteiger partial charge < -0.3 is 13.7 Å². The first-order valence-corrected chi connectivity index (χ1v) is 7.11. The minimum absolute atomic E-state index is 0.288. The van der Waals surface area contributed by atoms with E-state index in [9.17, 15) is 0 Å². The molecule has 0 atom stereocenters. The Morgan fingerprint density at radius 1 is 1.17 bits per heavy atom. The van der Waals surface area contributed by atoms with Crippen LogP contribution in [-0.4, -0.2) is 28.8 Å². The fraction of sp³-hybridized carbons (Fsp3) is 0.538. The highest BCUT2D eigenvalue weighted by Crippen LogP contribution is 2.36. The molecule has 1 heterocycles. The quantitative estimate of drug-likeness (QED) is 0.755. The van der Waals surface area contributed by atoms with Crippen LogP contribution in [0.15, 0.2) is 24.3 Å². The highest BCUT2D eigenvalue weighted by atomic mass is 28.2. The molecule has 1 aliphatic rings. The summed E-state index contributed by atoms with van der Waals surface area (Å²) in [6.07, 6.45) is 0. The van der Waals surface area contributed by atoms with Gasteiger partial charge in [-0.05, 0) is 38.7 Å². The molecular weight excluding hydrogens is 243 g/mol. The second kappa shape index (κ2) is 4.81. The number of hydrogen-bond donors (Lipinski definition) is 0. The van der Waals surface area contributed by atoms with Crippen molar-refractivity contribution in [1.29, 1.82) is 0 Å². The van der Waals surface area contributed by atoms with E-state index in [0.29, 0.717) is 6.61 Å². The summed E-state index contributed by atoms with van der Waals surface area (Å²) in [5, 5.41) is 0. The molecule has 0 aromatic heterocycles. The molecule has 98 valence electrons. The maximum absolute atomic E-state index is 6.03. The topological polar surface area (TPSA) is 27.7 Å². The Hall–Kier alpha value is -0.618. The molecule has 0 amide bonds. The molecule has 2 rings (SSSR count). The van der Waals surface area contributed by atoms with E-state index in [4.69, 9.17) is 13.7 Å². The molecule has 3 nitrogen and oxygen atoms in total. The van der Waals surface area contributed by atoms with Crippen LogP contribution < -0.4 is 5.46 Å². The lowest BCUT2D eigenvalue weighted by molar-refractivity contribution is 0.00578. The van der Waals surface area contributed by atoms with Gasteiger partial charge in [-0.15, -0.1) is 0 Å². The largest absolute Gasteiger partial charge is 0.494 e. The first-order valence-electron chi connectivity index (χ1n) is 6.29. The predicted octanol–water partition coefficient (Wildman–Crippen LogP) is 0.783. The smallest absolute Gasteiger partial charge is 0.424 e. The van der Waals surface area contributed by atoms with E-state index in [-0.39, 0.29) is 18.3 Å². The summed E-state index contributed by atoms with van der Waals surface area (Å²) in [7, 11) is 0.466. The lowest BCUT2D eigenvalue weighted by atomic mass is 9.78. The van der Waals surface area contributed by atoms with Gasteiger partial charge in [0.05, 0.1) is 17.8 Å².